The fourth-order valence-electron chi connectivity index (χ4n) is 2.39. The van der Waals surface area contributed by atoms with Gasteiger partial charge in [-0.25, -0.2) is 0 Å². The molecule has 0 unspecified atom stereocenters. The molecule has 0 atom stereocenters. The molecule has 1 heterocycles. The van der Waals surface area contributed by atoms with Gasteiger partial charge in [-0.1, -0.05) is 0 Å². The number of halogens is 4. The van der Waals surface area contributed by atoms with Crippen LogP contribution in [0.25, 0.3) is 0 Å². The summed E-state index contributed by atoms with van der Waals surface area (Å²) in [5, 5.41) is 4.32. The van der Waals surface area contributed by atoms with Gasteiger partial charge in [0.25, 0.3) is 0 Å². The van der Waals surface area contributed by atoms with Gasteiger partial charge in [0, 0.05) is 0 Å². The normalized spacial score (nSPS) is 13.4. The molecule has 0 fully saturated rings. The number of rotatable bonds is 5. The fourth-order valence-corrected chi connectivity index (χ4v) is 13.9. The number of aromatic nitrogens is 2. The summed E-state index contributed by atoms with van der Waals surface area (Å²) in [4.78, 5) is 0. The van der Waals surface area contributed by atoms with E-state index in [9.17, 15) is 21.6 Å². The zero-order chi connectivity index (χ0) is 19.0. The standard InChI is InChI=1S/C16H20F3IN2O2S/c1-11(2)10-22-13(4)15(12(3)21-22)20(14-8-6-5-7-9-14)25(23,24)16(17,18)19/h5-9,11H,10H2,1-4H3. The average Bonchev–Trinajstić information content (AvgIpc) is 2.74. The van der Waals surface area contributed by atoms with Crippen LogP contribution >= 0.6 is 18.4 Å². The average molecular weight is 488 g/mol. The Hall–Kier alpha value is -1.10. The predicted molar refractivity (Wildman–Crippen MR) is 99.4 cm³/mol. The summed E-state index contributed by atoms with van der Waals surface area (Å²) in [7, 11) is -5.30. The molecule has 0 saturated carbocycles. The first kappa shape index (κ1) is 20.2. The van der Waals surface area contributed by atoms with Crippen molar-refractivity contribution in [2.45, 2.75) is 39.7 Å². The van der Waals surface area contributed by atoms with Crippen molar-refractivity contribution in [3.05, 3.63) is 48.9 Å². The molecule has 2 rings (SSSR count). The predicted octanol–water partition coefficient (Wildman–Crippen LogP) is 4.55. The Morgan fingerprint density at radius 2 is 1.72 bits per heavy atom. The Labute approximate surface area is 151 Å². The van der Waals surface area contributed by atoms with E-state index in [1.807, 2.05) is 13.8 Å². The van der Waals surface area contributed by atoms with Gasteiger partial charge in [0.15, 0.2) is 0 Å². The maximum atomic E-state index is 13.4. The topological polar surface area (TPSA) is 52.0 Å². The van der Waals surface area contributed by atoms with Crippen LogP contribution in [0.2, 0.25) is 0 Å². The van der Waals surface area contributed by atoms with Crippen LogP contribution in [0.1, 0.15) is 25.2 Å². The third-order valence-electron chi connectivity index (χ3n) is 3.41. The molecule has 2 aromatic rings. The summed E-state index contributed by atoms with van der Waals surface area (Å²) >= 11 is -3.85. The van der Waals surface area contributed by atoms with E-state index in [0.29, 0.717) is 17.9 Å². The molecule has 1 aromatic heterocycles. The van der Waals surface area contributed by atoms with E-state index >= 15 is 0 Å². The first-order valence-electron chi connectivity index (χ1n) is 7.57. The summed E-state index contributed by atoms with van der Waals surface area (Å²) in [5.74, 6) is 0.240. The van der Waals surface area contributed by atoms with Gasteiger partial charge in [-0.05, 0) is 0 Å². The van der Waals surface area contributed by atoms with E-state index < -0.39 is 31.0 Å². The van der Waals surface area contributed by atoms with Crippen LogP contribution in [-0.4, -0.2) is 23.7 Å². The number of hydrogen-bond donors (Lipinski definition) is 0. The van der Waals surface area contributed by atoms with Gasteiger partial charge >= 0.3 is 151 Å². The fraction of sp³-hybridized carbons (Fsp3) is 0.438. The molecular formula is C16H20F3IN2O2S. The molecule has 0 aliphatic carbocycles. The third kappa shape index (κ3) is 4.02. The van der Waals surface area contributed by atoms with Crippen molar-refractivity contribution in [3.63, 3.8) is 0 Å². The van der Waals surface area contributed by atoms with Crippen LogP contribution in [0, 0.1) is 26.9 Å². The van der Waals surface area contributed by atoms with Crippen molar-refractivity contribution in [1.82, 2.24) is 9.78 Å². The molecule has 4 nitrogen and oxygen atoms in total. The summed E-state index contributed by atoms with van der Waals surface area (Å²) in [6, 6.07) is 7.71. The molecule has 1 aromatic carbocycles. The Bertz CT molecular complexity index is 846. The number of alkyl halides is 3. The van der Waals surface area contributed by atoms with Crippen LogP contribution in [0.4, 0.5) is 13.2 Å². The van der Waals surface area contributed by atoms with Crippen molar-refractivity contribution in [3.8, 4) is 0 Å². The van der Waals surface area contributed by atoms with Crippen molar-refractivity contribution in [2.75, 3.05) is 0 Å². The number of nitrogens with zero attached hydrogens (tertiary/aromatic N) is 2. The van der Waals surface area contributed by atoms with E-state index in [-0.39, 0.29) is 13.1 Å². The van der Waals surface area contributed by atoms with E-state index in [1.54, 1.807) is 36.7 Å². The minimum absolute atomic E-state index is 0.235. The van der Waals surface area contributed by atoms with Crippen molar-refractivity contribution in [1.29, 1.82) is 0 Å². The Kier molecular flexibility index (Phi) is 5.87. The van der Waals surface area contributed by atoms with Crippen molar-refractivity contribution >= 4 is 25.4 Å². The molecule has 0 N–H and O–H groups in total. The number of hydrogen-bond acceptors (Lipinski definition) is 3. The van der Waals surface area contributed by atoms with Crippen LogP contribution in [-0.2, 0) is 13.6 Å². The summed E-state index contributed by atoms with van der Waals surface area (Å²) in [6.45, 7) is 7.69. The molecule has 140 valence electrons. The second-order valence-electron chi connectivity index (χ2n) is 5.99. The monoisotopic (exact) mass is 488 g/mol. The second-order valence-corrected chi connectivity index (χ2v) is 16.6. The Morgan fingerprint density at radius 1 is 1.16 bits per heavy atom. The van der Waals surface area contributed by atoms with Crippen molar-refractivity contribution in [2.24, 2.45) is 5.92 Å². The van der Waals surface area contributed by atoms with Gasteiger partial charge in [-0.3, -0.25) is 0 Å². The van der Waals surface area contributed by atoms with Crippen LogP contribution < -0.4 is 0 Å². The zero-order valence-corrected chi connectivity index (χ0v) is 17.3. The van der Waals surface area contributed by atoms with E-state index in [4.69, 9.17) is 0 Å². The van der Waals surface area contributed by atoms with Crippen LogP contribution in [0.3, 0.4) is 0 Å². The maximum absolute atomic E-state index is 13.4. The van der Waals surface area contributed by atoms with Gasteiger partial charge in [-0.2, -0.15) is 0 Å². The molecule has 0 aliphatic heterocycles. The Morgan fingerprint density at radius 3 is 2.20 bits per heavy atom. The molecule has 25 heavy (non-hydrogen) atoms. The van der Waals surface area contributed by atoms with Gasteiger partial charge < -0.3 is 0 Å². The molecule has 0 bridgehead atoms. The minimum atomic E-state index is -5.30. The molecule has 0 aliphatic rings. The van der Waals surface area contributed by atoms with Gasteiger partial charge in [0.2, 0.25) is 0 Å². The summed E-state index contributed by atoms with van der Waals surface area (Å²) < 4.78 is 67.0. The molecule has 0 amide bonds. The second kappa shape index (κ2) is 7.26. The number of benzene rings is 1. The first-order valence-corrected chi connectivity index (χ1v) is 13.8. The summed E-state index contributed by atoms with van der Waals surface area (Å²) in [5.41, 5.74) is -4.42. The van der Waals surface area contributed by atoms with Gasteiger partial charge in [0.1, 0.15) is 0 Å². The molecule has 0 radical (unpaired) electrons. The van der Waals surface area contributed by atoms with Crippen LogP contribution in [0.15, 0.2) is 30.3 Å². The van der Waals surface area contributed by atoms with E-state index in [1.165, 1.54) is 12.1 Å². The molecule has 9 heteroatoms. The van der Waals surface area contributed by atoms with Crippen LogP contribution in [0.5, 0.6) is 0 Å². The SMILES string of the molecule is Cc1nn(CC(C)C)c(C)c1I(c1ccccc1)S(=O)(=O)C(F)(F)F. The summed E-state index contributed by atoms with van der Waals surface area (Å²) in [6.07, 6.45) is 0. The molecular weight excluding hydrogens is 468 g/mol. The number of aryl methyl sites for hydroxylation is 1. The van der Waals surface area contributed by atoms with Gasteiger partial charge in [0.05, 0.1) is 0 Å². The van der Waals surface area contributed by atoms with E-state index in [0.717, 1.165) is 0 Å². The Balaban J connectivity index is 2.73. The zero-order valence-electron chi connectivity index (χ0n) is 14.3. The third-order valence-corrected chi connectivity index (χ3v) is 16.0. The van der Waals surface area contributed by atoms with Gasteiger partial charge in [-0.15, -0.1) is 0 Å². The van der Waals surface area contributed by atoms with Crippen molar-refractivity contribution < 1.29 is 21.6 Å². The van der Waals surface area contributed by atoms with E-state index in [2.05, 4.69) is 5.10 Å². The molecule has 0 spiro atoms. The molecule has 0 saturated heterocycles. The quantitative estimate of drug-likeness (QED) is 0.459. The first-order chi connectivity index (χ1) is 11.5.